The molecule has 1 atom stereocenters. The number of likely N-dealkylation sites (N-methyl/N-ethyl adjacent to an activating group) is 1. The van der Waals surface area contributed by atoms with Crippen LogP contribution in [-0.2, 0) is 4.74 Å². The first-order valence-electron chi connectivity index (χ1n) is 7.55. The van der Waals surface area contributed by atoms with Gasteiger partial charge in [0.25, 0.3) is 0 Å². The lowest BCUT2D eigenvalue weighted by molar-refractivity contribution is 0.00463. The molecule has 116 valence electrons. The van der Waals surface area contributed by atoms with Gasteiger partial charge in [0.15, 0.2) is 0 Å². The normalized spacial score (nSPS) is 18.3. The van der Waals surface area contributed by atoms with E-state index in [0.717, 1.165) is 30.9 Å². The van der Waals surface area contributed by atoms with E-state index in [0.29, 0.717) is 6.54 Å². The molecule has 0 saturated carbocycles. The van der Waals surface area contributed by atoms with Crippen molar-refractivity contribution in [2.75, 3.05) is 31.3 Å². The Balaban J connectivity index is 1.81. The van der Waals surface area contributed by atoms with E-state index in [1.165, 1.54) is 11.3 Å². The van der Waals surface area contributed by atoms with Crippen LogP contribution in [-0.4, -0.2) is 43.0 Å². The lowest BCUT2D eigenvalue weighted by Gasteiger charge is -2.27. The number of thioether (sulfide) groups is 1. The first-order valence-corrected chi connectivity index (χ1v) is 8.54. The quantitative estimate of drug-likeness (QED) is 0.841. The molecule has 1 aromatic carbocycles. The van der Waals surface area contributed by atoms with Crippen LogP contribution in [0.2, 0.25) is 0 Å². The van der Waals surface area contributed by atoms with Gasteiger partial charge in [-0.15, -0.1) is 11.8 Å². The standard InChI is InChI=1S/C16H24N2O2S/c1-3-21-15-9-7-13(8-10-15)17-16(19)18(2)12-14-6-4-5-11-20-14/h7-10,14H,3-6,11-12H2,1-2H3,(H,17,19). The first kappa shape index (κ1) is 16.2. The number of hydrogen-bond donors (Lipinski definition) is 1. The molecule has 2 rings (SSSR count). The second-order valence-electron chi connectivity index (χ2n) is 5.26. The van der Waals surface area contributed by atoms with Crippen molar-refractivity contribution in [1.82, 2.24) is 4.90 Å². The summed E-state index contributed by atoms with van der Waals surface area (Å²) >= 11 is 1.79. The van der Waals surface area contributed by atoms with E-state index in [4.69, 9.17) is 4.74 Å². The molecule has 2 amide bonds. The van der Waals surface area contributed by atoms with Crippen molar-refractivity contribution in [2.24, 2.45) is 0 Å². The van der Waals surface area contributed by atoms with Gasteiger partial charge >= 0.3 is 6.03 Å². The number of anilines is 1. The van der Waals surface area contributed by atoms with Gasteiger partial charge in [-0.25, -0.2) is 4.79 Å². The lowest BCUT2D eigenvalue weighted by atomic mass is 10.1. The fourth-order valence-corrected chi connectivity index (χ4v) is 3.02. The second-order valence-corrected chi connectivity index (χ2v) is 6.59. The minimum Gasteiger partial charge on any atom is -0.376 e. The predicted molar refractivity (Wildman–Crippen MR) is 88.1 cm³/mol. The summed E-state index contributed by atoms with van der Waals surface area (Å²) in [5, 5.41) is 2.92. The zero-order chi connectivity index (χ0) is 15.1. The Morgan fingerprint density at radius 3 is 2.76 bits per heavy atom. The van der Waals surface area contributed by atoms with Gasteiger partial charge in [-0.3, -0.25) is 0 Å². The highest BCUT2D eigenvalue weighted by Crippen LogP contribution is 2.20. The van der Waals surface area contributed by atoms with Crippen LogP contribution >= 0.6 is 11.8 Å². The molecule has 1 aromatic rings. The summed E-state index contributed by atoms with van der Waals surface area (Å²) in [5.41, 5.74) is 0.830. The lowest BCUT2D eigenvalue weighted by Crippen LogP contribution is -2.39. The third kappa shape index (κ3) is 5.25. The van der Waals surface area contributed by atoms with Gasteiger partial charge in [-0.1, -0.05) is 6.92 Å². The maximum absolute atomic E-state index is 12.2. The average Bonchev–Trinajstić information content (AvgIpc) is 2.50. The van der Waals surface area contributed by atoms with Gasteiger partial charge in [0.1, 0.15) is 0 Å². The molecule has 5 heteroatoms. The number of benzene rings is 1. The molecule has 1 saturated heterocycles. The third-order valence-electron chi connectivity index (χ3n) is 3.51. The van der Waals surface area contributed by atoms with Crippen LogP contribution < -0.4 is 5.32 Å². The predicted octanol–water partition coefficient (Wildman–Crippen LogP) is 3.83. The summed E-state index contributed by atoms with van der Waals surface area (Å²) in [5.74, 6) is 1.05. The number of carbonyl (C=O) groups excluding carboxylic acids is 1. The van der Waals surface area contributed by atoms with Crippen molar-refractivity contribution in [3.63, 3.8) is 0 Å². The number of nitrogens with one attached hydrogen (secondary N) is 1. The Labute approximate surface area is 131 Å². The zero-order valence-electron chi connectivity index (χ0n) is 12.8. The first-order chi connectivity index (χ1) is 10.2. The number of nitrogens with zero attached hydrogens (tertiary/aromatic N) is 1. The van der Waals surface area contributed by atoms with Crippen LogP contribution in [0.4, 0.5) is 10.5 Å². The molecular weight excluding hydrogens is 284 g/mol. The molecule has 0 bridgehead atoms. The summed E-state index contributed by atoms with van der Waals surface area (Å²) in [6, 6.07) is 7.88. The third-order valence-corrected chi connectivity index (χ3v) is 4.41. The van der Waals surface area contributed by atoms with E-state index < -0.39 is 0 Å². The SMILES string of the molecule is CCSc1ccc(NC(=O)N(C)CC2CCCCO2)cc1. The maximum atomic E-state index is 12.2. The second kappa shape index (κ2) is 8.29. The molecule has 4 nitrogen and oxygen atoms in total. The Hall–Kier alpha value is -1.20. The maximum Gasteiger partial charge on any atom is 0.321 e. The summed E-state index contributed by atoms with van der Waals surface area (Å²) in [7, 11) is 1.81. The Morgan fingerprint density at radius 2 is 2.14 bits per heavy atom. The van der Waals surface area contributed by atoms with Gasteiger partial charge in [-0.05, 0) is 49.3 Å². The van der Waals surface area contributed by atoms with Crippen molar-refractivity contribution in [3.05, 3.63) is 24.3 Å². The molecule has 1 fully saturated rings. The van der Waals surface area contributed by atoms with Crippen molar-refractivity contribution >= 4 is 23.5 Å². The zero-order valence-corrected chi connectivity index (χ0v) is 13.6. The Morgan fingerprint density at radius 1 is 1.38 bits per heavy atom. The molecule has 0 radical (unpaired) electrons. The highest BCUT2D eigenvalue weighted by molar-refractivity contribution is 7.99. The highest BCUT2D eigenvalue weighted by atomic mass is 32.2. The number of carbonyl (C=O) groups is 1. The van der Waals surface area contributed by atoms with Gasteiger partial charge in [0.05, 0.1) is 6.10 Å². The monoisotopic (exact) mass is 308 g/mol. The van der Waals surface area contributed by atoms with Crippen molar-refractivity contribution in [1.29, 1.82) is 0 Å². The number of amides is 2. The molecular formula is C16H24N2O2S. The molecule has 0 aromatic heterocycles. The largest absolute Gasteiger partial charge is 0.376 e. The molecule has 21 heavy (non-hydrogen) atoms. The molecule has 1 unspecified atom stereocenters. The molecule has 1 N–H and O–H groups in total. The van der Waals surface area contributed by atoms with Crippen molar-refractivity contribution in [2.45, 2.75) is 37.2 Å². The fourth-order valence-electron chi connectivity index (χ4n) is 2.36. The minimum absolute atomic E-state index is 0.0833. The fraction of sp³-hybridized carbons (Fsp3) is 0.562. The Kier molecular flexibility index (Phi) is 6.39. The number of ether oxygens (including phenoxy) is 1. The molecule has 0 spiro atoms. The number of urea groups is 1. The van der Waals surface area contributed by atoms with E-state index >= 15 is 0 Å². The van der Waals surface area contributed by atoms with Gasteiger partial charge in [-0.2, -0.15) is 0 Å². The van der Waals surface area contributed by atoms with E-state index in [2.05, 4.69) is 12.2 Å². The minimum atomic E-state index is -0.0833. The molecule has 0 aliphatic carbocycles. The molecule has 1 aliphatic heterocycles. The van der Waals surface area contributed by atoms with Crippen LogP contribution in [0.5, 0.6) is 0 Å². The van der Waals surface area contributed by atoms with Crippen LogP contribution in [0.15, 0.2) is 29.2 Å². The number of rotatable bonds is 5. The smallest absolute Gasteiger partial charge is 0.321 e. The van der Waals surface area contributed by atoms with Crippen LogP contribution in [0.3, 0.4) is 0 Å². The summed E-state index contributed by atoms with van der Waals surface area (Å²) in [6.45, 7) is 3.59. The van der Waals surface area contributed by atoms with Crippen molar-refractivity contribution < 1.29 is 9.53 Å². The summed E-state index contributed by atoms with van der Waals surface area (Å²) in [6.07, 6.45) is 3.55. The summed E-state index contributed by atoms with van der Waals surface area (Å²) in [4.78, 5) is 15.1. The van der Waals surface area contributed by atoms with Gasteiger partial charge in [0.2, 0.25) is 0 Å². The van der Waals surface area contributed by atoms with E-state index in [1.54, 1.807) is 16.7 Å². The van der Waals surface area contributed by atoms with Crippen molar-refractivity contribution in [3.8, 4) is 0 Å². The topological polar surface area (TPSA) is 41.6 Å². The van der Waals surface area contributed by atoms with E-state index in [-0.39, 0.29) is 12.1 Å². The van der Waals surface area contributed by atoms with E-state index in [1.807, 2.05) is 31.3 Å². The van der Waals surface area contributed by atoms with Gasteiger partial charge < -0.3 is 15.0 Å². The van der Waals surface area contributed by atoms with Crippen LogP contribution in [0.1, 0.15) is 26.2 Å². The van der Waals surface area contributed by atoms with Crippen LogP contribution in [0, 0.1) is 0 Å². The van der Waals surface area contributed by atoms with E-state index in [9.17, 15) is 4.79 Å². The van der Waals surface area contributed by atoms with Gasteiger partial charge in [0, 0.05) is 30.8 Å². The molecule has 1 heterocycles. The Bertz CT molecular complexity index is 444. The molecule has 1 aliphatic rings. The average molecular weight is 308 g/mol. The highest BCUT2D eigenvalue weighted by Gasteiger charge is 2.18. The number of hydrogen-bond acceptors (Lipinski definition) is 3. The summed E-state index contributed by atoms with van der Waals surface area (Å²) < 4.78 is 5.67. The van der Waals surface area contributed by atoms with Crippen LogP contribution in [0.25, 0.3) is 0 Å².